The van der Waals surface area contributed by atoms with Crippen molar-refractivity contribution in [1.29, 1.82) is 0 Å². The van der Waals surface area contributed by atoms with E-state index in [0.29, 0.717) is 32.2 Å². The molecule has 57 heavy (non-hydrogen) atoms. The maximum atomic E-state index is 12.9. The first-order valence-electron chi connectivity index (χ1n) is 25.4. The molecule has 0 saturated carbocycles. The van der Waals surface area contributed by atoms with E-state index in [4.69, 9.17) is 10.5 Å². The van der Waals surface area contributed by atoms with Gasteiger partial charge in [-0.05, 0) is 57.9 Å². The van der Waals surface area contributed by atoms with Crippen molar-refractivity contribution in [2.75, 3.05) is 6.54 Å². The number of amides is 1. The minimum atomic E-state index is -0.999. The smallest absolute Gasteiger partial charge is 0.326 e. The van der Waals surface area contributed by atoms with Crippen LogP contribution >= 0.6 is 0 Å². The van der Waals surface area contributed by atoms with E-state index in [2.05, 4.69) is 19.2 Å². The summed E-state index contributed by atoms with van der Waals surface area (Å²) in [6.45, 7) is 4.98. The van der Waals surface area contributed by atoms with Crippen molar-refractivity contribution in [2.45, 2.75) is 296 Å². The van der Waals surface area contributed by atoms with Crippen LogP contribution in [0.25, 0.3) is 0 Å². The molecule has 0 spiro atoms. The number of carbonyl (C=O) groups is 3. The topological polar surface area (TPSA) is 119 Å². The first-order valence-corrected chi connectivity index (χ1v) is 25.4. The Hall–Kier alpha value is -1.63. The highest BCUT2D eigenvalue weighted by molar-refractivity contribution is 5.83. The van der Waals surface area contributed by atoms with Crippen LogP contribution in [-0.4, -0.2) is 41.6 Å². The molecule has 0 aromatic carbocycles. The molecule has 0 aliphatic rings. The summed E-state index contributed by atoms with van der Waals surface area (Å²) in [6, 6.07) is -0.852. The Kier molecular flexibility index (Phi) is 44.2. The first kappa shape index (κ1) is 55.4. The van der Waals surface area contributed by atoms with E-state index in [-0.39, 0.29) is 18.0 Å². The Labute approximate surface area is 354 Å². The monoisotopic (exact) mass is 807 g/mol. The molecule has 0 radical (unpaired) electrons. The molecular weight excluding hydrogens is 709 g/mol. The van der Waals surface area contributed by atoms with Crippen molar-refractivity contribution < 1.29 is 24.2 Å². The third-order valence-electron chi connectivity index (χ3n) is 11.9. The van der Waals surface area contributed by atoms with Crippen molar-refractivity contribution in [1.82, 2.24) is 5.32 Å². The second kappa shape index (κ2) is 45.5. The molecule has 0 bridgehead atoms. The lowest BCUT2D eigenvalue weighted by molar-refractivity contribution is -0.150. The van der Waals surface area contributed by atoms with E-state index in [1.54, 1.807) is 0 Å². The van der Waals surface area contributed by atoms with Gasteiger partial charge in [-0.15, -0.1) is 0 Å². The number of nitrogens with two attached hydrogens (primary N) is 1. The van der Waals surface area contributed by atoms with Crippen LogP contribution in [-0.2, 0) is 19.1 Å². The number of hydrogen-bond donors (Lipinski definition) is 3. The minimum absolute atomic E-state index is 0.0107. The van der Waals surface area contributed by atoms with Gasteiger partial charge in [0.15, 0.2) is 0 Å². The maximum absolute atomic E-state index is 12.9. The number of unbranched alkanes of at least 4 members (excludes halogenated alkanes) is 33. The third kappa shape index (κ3) is 42.3. The molecule has 0 saturated heterocycles. The van der Waals surface area contributed by atoms with Crippen LogP contribution in [0.5, 0.6) is 0 Å². The number of carboxylic acid groups (broad SMARTS) is 1. The van der Waals surface area contributed by atoms with E-state index in [1.165, 1.54) is 180 Å². The highest BCUT2D eigenvalue weighted by Gasteiger charge is 2.19. The summed E-state index contributed by atoms with van der Waals surface area (Å²) in [5.41, 5.74) is 5.50. The number of esters is 1. The molecule has 0 aromatic heterocycles. The van der Waals surface area contributed by atoms with Crippen molar-refractivity contribution >= 4 is 17.8 Å². The highest BCUT2D eigenvalue weighted by atomic mass is 16.5. The number of carbonyl (C=O) groups excluding carboxylic acids is 2. The molecule has 2 unspecified atom stereocenters. The predicted molar refractivity (Wildman–Crippen MR) is 244 cm³/mol. The van der Waals surface area contributed by atoms with Crippen LogP contribution in [0, 0.1) is 0 Å². The fraction of sp³-hybridized carbons (Fsp3) is 0.940. The molecule has 2 atom stereocenters. The van der Waals surface area contributed by atoms with E-state index in [9.17, 15) is 19.5 Å². The SMILES string of the molecule is CCCCCCCCCCCCCCCCCCCC(=O)OC(CCCCCCCCCCCCCCCC)CCCCCCCC(=O)NC(CCCN)C(=O)O. The van der Waals surface area contributed by atoms with Gasteiger partial charge in [-0.2, -0.15) is 0 Å². The standard InChI is InChI=1S/C50H98N2O5/c1-3-5-7-9-11-13-15-17-19-20-21-23-25-27-29-34-38-44-49(54)57-46(40-35-31-28-26-24-22-18-16-14-12-10-8-6-4-2)41-36-32-30-33-37-43-48(53)52-47(50(55)56)42-39-45-51/h46-47H,3-45,51H2,1-2H3,(H,52,53)(H,55,56). The van der Waals surface area contributed by atoms with Gasteiger partial charge >= 0.3 is 11.9 Å². The number of hydrogen-bond acceptors (Lipinski definition) is 5. The molecular formula is C50H98N2O5. The molecule has 0 aliphatic carbocycles. The second-order valence-electron chi connectivity index (χ2n) is 17.6. The van der Waals surface area contributed by atoms with Crippen LogP contribution < -0.4 is 11.1 Å². The van der Waals surface area contributed by atoms with Crippen LogP contribution in [0.1, 0.15) is 284 Å². The fourth-order valence-electron chi connectivity index (χ4n) is 8.10. The van der Waals surface area contributed by atoms with E-state index in [0.717, 1.165) is 64.2 Å². The van der Waals surface area contributed by atoms with Gasteiger partial charge < -0.3 is 20.9 Å². The summed E-state index contributed by atoms with van der Waals surface area (Å²) in [7, 11) is 0. The molecule has 7 nitrogen and oxygen atoms in total. The summed E-state index contributed by atoms with van der Waals surface area (Å²) in [4.78, 5) is 36.5. The zero-order chi connectivity index (χ0) is 41.7. The third-order valence-corrected chi connectivity index (χ3v) is 11.9. The molecule has 7 heteroatoms. The number of nitrogens with one attached hydrogen (secondary N) is 1. The van der Waals surface area contributed by atoms with Crippen LogP contribution in [0.15, 0.2) is 0 Å². The van der Waals surface area contributed by atoms with Crippen molar-refractivity contribution in [2.24, 2.45) is 5.73 Å². The normalized spacial score (nSPS) is 12.5. The zero-order valence-corrected chi connectivity index (χ0v) is 38.2. The number of aliphatic carboxylic acids is 1. The molecule has 1 amide bonds. The Morgan fingerprint density at radius 1 is 0.439 bits per heavy atom. The number of rotatable bonds is 47. The fourth-order valence-corrected chi connectivity index (χ4v) is 8.10. The van der Waals surface area contributed by atoms with E-state index >= 15 is 0 Å². The van der Waals surface area contributed by atoms with Crippen LogP contribution in [0.4, 0.5) is 0 Å². The second-order valence-corrected chi connectivity index (χ2v) is 17.6. The van der Waals surface area contributed by atoms with Crippen molar-refractivity contribution in [3.63, 3.8) is 0 Å². The van der Waals surface area contributed by atoms with Crippen molar-refractivity contribution in [3.8, 4) is 0 Å². The van der Waals surface area contributed by atoms with Gasteiger partial charge in [-0.25, -0.2) is 4.79 Å². The largest absolute Gasteiger partial charge is 0.480 e. The molecule has 0 aliphatic heterocycles. The Bertz CT molecular complexity index is 868. The summed E-state index contributed by atoms with van der Waals surface area (Å²) in [6.07, 6.45) is 50.2. The average molecular weight is 807 g/mol. The highest BCUT2D eigenvalue weighted by Crippen LogP contribution is 2.20. The average Bonchev–Trinajstić information content (AvgIpc) is 3.20. The molecule has 0 fully saturated rings. The number of carboxylic acids is 1. The summed E-state index contributed by atoms with van der Waals surface area (Å²) < 4.78 is 6.09. The lowest BCUT2D eigenvalue weighted by Gasteiger charge is -2.18. The van der Waals surface area contributed by atoms with Crippen molar-refractivity contribution in [3.05, 3.63) is 0 Å². The van der Waals surface area contributed by atoms with E-state index < -0.39 is 12.0 Å². The minimum Gasteiger partial charge on any atom is -0.480 e. The Morgan fingerprint density at radius 2 is 0.754 bits per heavy atom. The quantitative estimate of drug-likeness (QED) is 0.0416. The van der Waals surface area contributed by atoms with Gasteiger partial charge in [0.05, 0.1) is 0 Å². The maximum Gasteiger partial charge on any atom is 0.326 e. The lowest BCUT2D eigenvalue weighted by atomic mass is 10.0. The van der Waals surface area contributed by atoms with Gasteiger partial charge in [0, 0.05) is 12.8 Å². The molecule has 4 N–H and O–H groups in total. The van der Waals surface area contributed by atoms with Gasteiger partial charge in [0.25, 0.3) is 0 Å². The summed E-state index contributed by atoms with van der Waals surface area (Å²) in [5.74, 6) is -1.20. The molecule has 0 aromatic rings. The predicted octanol–water partition coefficient (Wildman–Crippen LogP) is 14.9. The van der Waals surface area contributed by atoms with Gasteiger partial charge in [-0.1, -0.05) is 219 Å². The van der Waals surface area contributed by atoms with Gasteiger partial charge in [-0.3, -0.25) is 9.59 Å². The summed E-state index contributed by atoms with van der Waals surface area (Å²) >= 11 is 0. The molecule has 0 heterocycles. The van der Waals surface area contributed by atoms with Gasteiger partial charge in [0.2, 0.25) is 5.91 Å². The van der Waals surface area contributed by atoms with Crippen LogP contribution in [0.2, 0.25) is 0 Å². The first-order chi connectivity index (χ1) is 27.9. The van der Waals surface area contributed by atoms with Crippen LogP contribution in [0.3, 0.4) is 0 Å². The zero-order valence-electron chi connectivity index (χ0n) is 38.2. The Balaban J connectivity index is 4.24. The lowest BCUT2D eigenvalue weighted by Crippen LogP contribution is -2.40. The molecule has 0 rings (SSSR count). The Morgan fingerprint density at radius 3 is 1.09 bits per heavy atom. The summed E-state index contributed by atoms with van der Waals surface area (Å²) in [5, 5.41) is 12.0. The van der Waals surface area contributed by atoms with E-state index in [1.807, 2.05) is 0 Å². The van der Waals surface area contributed by atoms with Gasteiger partial charge in [0.1, 0.15) is 12.1 Å². The number of ether oxygens (including phenoxy) is 1. The molecule has 338 valence electrons.